The summed E-state index contributed by atoms with van der Waals surface area (Å²) in [6, 6.07) is 8.64. The highest BCUT2D eigenvalue weighted by Gasteiger charge is 2.47. The van der Waals surface area contributed by atoms with Crippen molar-refractivity contribution in [2.45, 2.75) is 38.3 Å². The van der Waals surface area contributed by atoms with Crippen LogP contribution >= 0.6 is 0 Å². The number of hydrogen-bond donors (Lipinski definition) is 0. The minimum absolute atomic E-state index is 0.523. The van der Waals surface area contributed by atoms with E-state index in [1.807, 2.05) is 0 Å². The zero-order valence-electron chi connectivity index (χ0n) is 13.9. The van der Waals surface area contributed by atoms with Crippen LogP contribution in [0.1, 0.15) is 31.7 Å². The lowest BCUT2D eigenvalue weighted by Gasteiger charge is -2.36. The van der Waals surface area contributed by atoms with Crippen molar-refractivity contribution < 1.29 is 14.8 Å². The third kappa shape index (κ3) is 1.94. The van der Waals surface area contributed by atoms with Gasteiger partial charge >= 0.3 is 7.65 Å². The summed E-state index contributed by atoms with van der Waals surface area (Å²) in [7, 11) is -1.40. The summed E-state index contributed by atoms with van der Waals surface area (Å²) in [5.74, 6) is 0. The second-order valence-electron chi connectivity index (χ2n) is 4.13. The van der Waals surface area contributed by atoms with Gasteiger partial charge in [-0.1, -0.05) is 30.3 Å². The molecule has 1 aromatic rings. The maximum atomic E-state index is 8.41. The number of hydrogen-bond acceptors (Lipinski definition) is 2. The van der Waals surface area contributed by atoms with Crippen LogP contribution in [-0.2, 0) is 15.7 Å². The molecule has 0 radical (unpaired) electrons. The van der Waals surface area contributed by atoms with Gasteiger partial charge in [-0.3, -0.25) is 0 Å². The molecule has 1 heterocycles. The molecule has 80 valence electrons. The molecular formula is C12H17BO2. The van der Waals surface area contributed by atoms with Gasteiger partial charge in [-0.05, 0) is 26.3 Å². The van der Waals surface area contributed by atoms with Crippen LogP contribution in [0.5, 0.6) is 0 Å². The Morgan fingerprint density at radius 3 is 2.67 bits per heavy atom. The first-order valence-corrected chi connectivity index (χ1v) is 4.87. The molecule has 0 amide bonds. The van der Waals surface area contributed by atoms with Crippen molar-refractivity contribution >= 4 is 7.65 Å². The highest BCUT2D eigenvalue weighted by Crippen LogP contribution is 2.36. The van der Waals surface area contributed by atoms with Crippen LogP contribution < -0.4 is 0 Å². The van der Waals surface area contributed by atoms with Crippen LogP contribution in [-0.4, -0.2) is 20.2 Å². The lowest BCUT2D eigenvalue weighted by Crippen LogP contribution is -2.46. The molecule has 1 aliphatic heterocycles. The molecule has 0 aliphatic carbocycles. The number of benzene rings is 1. The van der Waals surface area contributed by atoms with Gasteiger partial charge in [-0.25, -0.2) is 0 Å². The average molecular weight is 209 g/mol. The molecule has 0 N–H and O–H groups in total. The molecule has 0 aromatic heterocycles. The van der Waals surface area contributed by atoms with Crippen LogP contribution in [0.25, 0.3) is 0 Å². The zero-order valence-corrected chi connectivity index (χ0v) is 8.86. The van der Waals surface area contributed by atoms with E-state index in [1.54, 1.807) is 44.2 Å². The molecule has 2 unspecified atom stereocenters. The van der Waals surface area contributed by atoms with Gasteiger partial charge in [0.25, 0.3) is 0 Å². The molecule has 1 aromatic carbocycles. The van der Waals surface area contributed by atoms with Gasteiger partial charge < -0.3 is 9.31 Å². The fourth-order valence-corrected chi connectivity index (χ4v) is 1.44. The highest BCUT2D eigenvalue weighted by molar-refractivity contribution is 6.19. The molecular weight excluding hydrogens is 187 g/mol. The molecule has 2 nitrogen and oxygen atoms in total. The van der Waals surface area contributed by atoms with Crippen LogP contribution in [0.2, 0.25) is 0 Å². The van der Waals surface area contributed by atoms with Crippen molar-refractivity contribution in [2.24, 2.45) is 0 Å². The van der Waals surface area contributed by atoms with Crippen LogP contribution in [0.15, 0.2) is 30.3 Å². The van der Waals surface area contributed by atoms with E-state index in [9.17, 15) is 0 Å². The quantitative estimate of drug-likeness (QED) is 0.694. The van der Waals surface area contributed by atoms with Crippen molar-refractivity contribution in [3.63, 3.8) is 0 Å². The number of rotatable bonds is 2. The molecule has 15 heavy (non-hydrogen) atoms. The lowest BCUT2D eigenvalue weighted by atomic mass is 9.82. The summed E-state index contributed by atoms with van der Waals surface area (Å²) in [5.41, 5.74) is -2.63. The third-order valence-electron chi connectivity index (χ3n) is 2.64. The largest absolute Gasteiger partial charge is 0.439 e. The Morgan fingerprint density at radius 2 is 2.13 bits per heavy atom. The second kappa shape index (κ2) is 3.65. The van der Waals surface area contributed by atoms with E-state index >= 15 is 0 Å². The molecule has 0 spiro atoms. The van der Waals surface area contributed by atoms with E-state index in [2.05, 4.69) is 0 Å². The van der Waals surface area contributed by atoms with Crippen LogP contribution in [0.3, 0.4) is 0 Å². The third-order valence-corrected chi connectivity index (χ3v) is 2.64. The highest BCUT2D eigenvalue weighted by atomic mass is 16.7. The predicted octanol–water partition coefficient (Wildman–Crippen LogP) is 2.08. The van der Waals surface area contributed by atoms with Crippen molar-refractivity contribution in [1.29, 1.82) is 1.34 Å². The van der Waals surface area contributed by atoms with Gasteiger partial charge in [-0.2, -0.15) is 0 Å². The smallest absolute Gasteiger partial charge is 0.406 e. The lowest BCUT2D eigenvalue weighted by molar-refractivity contribution is -0.00876. The SMILES string of the molecule is [2H]B1OC(C)(C)C(C([2H])c2ccccc2)(C([2H])([2H])[2H])O1. The fourth-order valence-electron chi connectivity index (χ4n) is 1.44. The van der Waals surface area contributed by atoms with Gasteiger partial charge in [0.15, 0.2) is 0 Å². The maximum Gasteiger partial charge on any atom is 0.439 e. The minimum Gasteiger partial charge on any atom is -0.406 e. The van der Waals surface area contributed by atoms with Gasteiger partial charge in [0.05, 0.1) is 12.5 Å². The van der Waals surface area contributed by atoms with Crippen LogP contribution in [0, 0.1) is 0 Å². The molecule has 3 heteroatoms. The van der Waals surface area contributed by atoms with E-state index in [4.69, 9.17) is 16.1 Å². The standard InChI is InChI=1S/C12H17BO2/c1-11(2)12(3,15-13-14-11)9-10-7-5-4-6-8-10/h4-8,13H,9H2,1-3H3/i3D3,9D,13D. The minimum atomic E-state index is -2.59. The van der Waals surface area contributed by atoms with Gasteiger partial charge in [0, 0.05) is 11.9 Å². The van der Waals surface area contributed by atoms with E-state index in [0.717, 1.165) is 0 Å². The Balaban J connectivity index is 2.55. The Bertz CT molecular complexity index is 478. The Kier molecular flexibility index (Phi) is 1.48. The van der Waals surface area contributed by atoms with Gasteiger partial charge in [-0.15, -0.1) is 0 Å². The van der Waals surface area contributed by atoms with Crippen molar-refractivity contribution in [2.75, 3.05) is 0 Å². The van der Waals surface area contributed by atoms with E-state index < -0.39 is 32.1 Å². The monoisotopic (exact) mass is 209 g/mol. The topological polar surface area (TPSA) is 18.5 Å². The molecule has 2 atom stereocenters. The van der Waals surface area contributed by atoms with Crippen LogP contribution in [0.4, 0.5) is 0 Å². The summed E-state index contributed by atoms with van der Waals surface area (Å²) in [4.78, 5) is 0. The Labute approximate surface area is 98.9 Å². The normalized spacial score (nSPS) is 37.2. The summed E-state index contributed by atoms with van der Waals surface area (Å²) in [6.07, 6.45) is -1.18. The molecule has 1 fully saturated rings. The molecule has 1 saturated heterocycles. The molecule has 0 bridgehead atoms. The molecule has 1 aliphatic rings. The summed E-state index contributed by atoms with van der Waals surface area (Å²) < 4.78 is 50.1. The maximum absolute atomic E-state index is 8.41. The van der Waals surface area contributed by atoms with E-state index in [1.165, 1.54) is 0 Å². The summed E-state index contributed by atoms with van der Waals surface area (Å²) in [5, 5.41) is 0. The van der Waals surface area contributed by atoms with Gasteiger partial charge in [0.2, 0.25) is 0 Å². The zero-order chi connectivity index (χ0) is 15.2. The van der Waals surface area contributed by atoms with Crippen molar-refractivity contribution in [1.82, 2.24) is 0 Å². The molecule has 0 saturated carbocycles. The van der Waals surface area contributed by atoms with Gasteiger partial charge in [0.1, 0.15) is 0 Å². The first kappa shape index (κ1) is 6.07. The molecule has 2 rings (SSSR count). The Hall–Kier alpha value is -0.795. The fraction of sp³-hybridized carbons (Fsp3) is 0.500. The summed E-state index contributed by atoms with van der Waals surface area (Å²) in [6.45, 7) is 0.519. The second-order valence-corrected chi connectivity index (χ2v) is 4.13. The first-order chi connectivity index (χ1) is 9.12. The summed E-state index contributed by atoms with van der Waals surface area (Å²) >= 11 is 0. The van der Waals surface area contributed by atoms with E-state index in [0.29, 0.717) is 5.56 Å². The Morgan fingerprint density at radius 1 is 1.40 bits per heavy atom. The average Bonchev–Trinajstić information content (AvgIpc) is 2.59. The van der Waals surface area contributed by atoms with Crippen molar-refractivity contribution in [3.8, 4) is 0 Å². The first-order valence-electron chi connectivity index (χ1n) is 7.52. The van der Waals surface area contributed by atoms with Crippen molar-refractivity contribution in [3.05, 3.63) is 35.9 Å². The van der Waals surface area contributed by atoms with E-state index in [-0.39, 0.29) is 0 Å². The predicted molar refractivity (Wildman–Crippen MR) is 61.9 cm³/mol.